The standard InChI is InChI=1S/C9H11O4P/c1-2-7-11-14(10)12-8-5-3-4-6-9(8)13-14/h3-6H,2,7H2,1H3. The van der Waals surface area contributed by atoms with Gasteiger partial charge in [-0.15, -0.1) is 0 Å². The third-order valence-corrected chi connectivity index (χ3v) is 3.06. The fourth-order valence-corrected chi connectivity index (χ4v) is 2.45. The van der Waals surface area contributed by atoms with Gasteiger partial charge in [-0.3, -0.25) is 4.52 Å². The van der Waals surface area contributed by atoms with E-state index < -0.39 is 7.82 Å². The smallest absolute Gasteiger partial charge is 0.391 e. The van der Waals surface area contributed by atoms with Crippen LogP contribution in [-0.4, -0.2) is 6.61 Å². The molecule has 14 heavy (non-hydrogen) atoms. The number of para-hydroxylation sites is 2. The van der Waals surface area contributed by atoms with E-state index in [0.717, 1.165) is 6.42 Å². The van der Waals surface area contributed by atoms with Crippen LogP contribution in [0.3, 0.4) is 0 Å². The van der Waals surface area contributed by atoms with Crippen molar-refractivity contribution >= 4 is 7.82 Å². The molecule has 0 fully saturated rings. The zero-order valence-electron chi connectivity index (χ0n) is 7.80. The second-order valence-electron chi connectivity index (χ2n) is 2.91. The molecule has 0 saturated carbocycles. The molecule has 4 nitrogen and oxygen atoms in total. The predicted molar refractivity (Wildman–Crippen MR) is 51.5 cm³/mol. The summed E-state index contributed by atoms with van der Waals surface area (Å²) in [4.78, 5) is 0. The predicted octanol–water partition coefficient (Wildman–Crippen LogP) is 2.99. The second kappa shape index (κ2) is 3.64. The van der Waals surface area contributed by atoms with Crippen molar-refractivity contribution in [2.24, 2.45) is 0 Å². The molecule has 1 aliphatic heterocycles. The maximum atomic E-state index is 11.8. The molecule has 1 aliphatic rings. The summed E-state index contributed by atoms with van der Waals surface area (Å²) in [6, 6.07) is 6.98. The van der Waals surface area contributed by atoms with E-state index >= 15 is 0 Å². The highest BCUT2D eigenvalue weighted by Gasteiger charge is 2.38. The van der Waals surface area contributed by atoms with Gasteiger partial charge in [0.2, 0.25) is 0 Å². The number of fused-ring (bicyclic) bond motifs is 1. The highest BCUT2D eigenvalue weighted by Crippen LogP contribution is 2.58. The van der Waals surface area contributed by atoms with Crippen LogP contribution in [0.1, 0.15) is 13.3 Å². The van der Waals surface area contributed by atoms with Crippen LogP contribution in [0.2, 0.25) is 0 Å². The minimum Gasteiger partial charge on any atom is -0.391 e. The Bertz CT molecular complexity index is 348. The van der Waals surface area contributed by atoms with Gasteiger partial charge in [-0.05, 0) is 18.6 Å². The molecule has 0 aromatic heterocycles. The normalized spacial score (nSPS) is 16.9. The van der Waals surface area contributed by atoms with Crippen LogP contribution in [0.5, 0.6) is 11.5 Å². The SMILES string of the molecule is CCCOP1(=O)Oc2ccccc2O1. The Morgan fingerprint density at radius 3 is 2.36 bits per heavy atom. The molecule has 1 aromatic carbocycles. The summed E-state index contributed by atoms with van der Waals surface area (Å²) in [5, 5.41) is 0. The minimum atomic E-state index is -3.37. The summed E-state index contributed by atoms with van der Waals surface area (Å²) in [6.45, 7) is 2.29. The molecule has 1 heterocycles. The number of phosphoric acid groups is 1. The molecule has 0 spiro atoms. The molecule has 0 amide bonds. The Labute approximate surface area is 82.4 Å². The van der Waals surface area contributed by atoms with E-state index in [4.69, 9.17) is 13.6 Å². The summed E-state index contributed by atoms with van der Waals surface area (Å²) in [5.41, 5.74) is 0. The van der Waals surface area contributed by atoms with E-state index in [2.05, 4.69) is 0 Å². The van der Waals surface area contributed by atoms with Gasteiger partial charge in [-0.1, -0.05) is 19.1 Å². The lowest BCUT2D eigenvalue weighted by molar-refractivity contribution is 0.228. The molecule has 0 saturated heterocycles. The van der Waals surface area contributed by atoms with Gasteiger partial charge < -0.3 is 9.05 Å². The van der Waals surface area contributed by atoms with E-state index in [1.165, 1.54) is 0 Å². The van der Waals surface area contributed by atoms with E-state index in [-0.39, 0.29) is 0 Å². The largest absolute Gasteiger partial charge is 0.587 e. The third kappa shape index (κ3) is 1.76. The van der Waals surface area contributed by atoms with Crippen molar-refractivity contribution in [3.8, 4) is 11.5 Å². The van der Waals surface area contributed by atoms with Crippen LogP contribution in [0.15, 0.2) is 24.3 Å². The quantitative estimate of drug-likeness (QED) is 0.725. The number of hydrogen-bond donors (Lipinski definition) is 0. The van der Waals surface area contributed by atoms with Crippen LogP contribution < -0.4 is 9.05 Å². The molecule has 5 heteroatoms. The van der Waals surface area contributed by atoms with Crippen LogP contribution in [0, 0.1) is 0 Å². The Kier molecular flexibility index (Phi) is 2.48. The van der Waals surface area contributed by atoms with Crippen molar-refractivity contribution in [1.29, 1.82) is 0 Å². The minimum absolute atomic E-state index is 0.366. The zero-order valence-corrected chi connectivity index (χ0v) is 8.70. The van der Waals surface area contributed by atoms with Crippen LogP contribution in [-0.2, 0) is 9.09 Å². The van der Waals surface area contributed by atoms with Crippen LogP contribution in [0.4, 0.5) is 0 Å². The van der Waals surface area contributed by atoms with Gasteiger partial charge in [0, 0.05) is 0 Å². The van der Waals surface area contributed by atoms with Crippen molar-refractivity contribution in [2.75, 3.05) is 6.61 Å². The van der Waals surface area contributed by atoms with Crippen molar-refractivity contribution in [1.82, 2.24) is 0 Å². The molecule has 0 aliphatic carbocycles. The number of hydrogen-bond acceptors (Lipinski definition) is 4. The first-order valence-corrected chi connectivity index (χ1v) is 5.92. The second-order valence-corrected chi connectivity index (χ2v) is 4.43. The summed E-state index contributed by atoms with van der Waals surface area (Å²) < 4.78 is 27.0. The fourth-order valence-electron chi connectivity index (χ4n) is 1.12. The van der Waals surface area contributed by atoms with Crippen molar-refractivity contribution in [3.63, 3.8) is 0 Å². The molecular weight excluding hydrogens is 203 g/mol. The van der Waals surface area contributed by atoms with Gasteiger partial charge in [-0.25, -0.2) is 4.57 Å². The Morgan fingerprint density at radius 2 is 1.86 bits per heavy atom. The van der Waals surface area contributed by atoms with Gasteiger partial charge in [0.15, 0.2) is 11.5 Å². The van der Waals surface area contributed by atoms with E-state index in [1.807, 2.05) is 6.92 Å². The molecule has 2 rings (SSSR count). The van der Waals surface area contributed by atoms with Gasteiger partial charge in [0.25, 0.3) is 0 Å². The van der Waals surface area contributed by atoms with Crippen molar-refractivity contribution in [2.45, 2.75) is 13.3 Å². The van der Waals surface area contributed by atoms with Gasteiger partial charge in [-0.2, -0.15) is 0 Å². The van der Waals surface area contributed by atoms with Crippen LogP contribution >= 0.6 is 7.82 Å². The van der Waals surface area contributed by atoms with Gasteiger partial charge in [0.1, 0.15) is 0 Å². The summed E-state index contributed by atoms with van der Waals surface area (Å²) in [5.74, 6) is 0.957. The number of phosphoric ester groups is 1. The molecule has 76 valence electrons. The molecule has 1 aromatic rings. The molecule has 0 N–H and O–H groups in total. The highest BCUT2D eigenvalue weighted by atomic mass is 31.2. The van der Waals surface area contributed by atoms with E-state index in [1.54, 1.807) is 24.3 Å². The maximum Gasteiger partial charge on any atom is 0.587 e. The summed E-state index contributed by atoms with van der Waals surface area (Å²) in [7, 11) is -3.37. The average Bonchev–Trinajstić information content (AvgIpc) is 2.51. The maximum absolute atomic E-state index is 11.8. The Morgan fingerprint density at radius 1 is 1.29 bits per heavy atom. The van der Waals surface area contributed by atoms with Crippen LogP contribution in [0.25, 0.3) is 0 Å². The topological polar surface area (TPSA) is 44.8 Å². The lowest BCUT2D eigenvalue weighted by Gasteiger charge is -2.08. The molecule has 0 atom stereocenters. The van der Waals surface area contributed by atoms with Crippen molar-refractivity contribution < 1.29 is 18.1 Å². The first-order chi connectivity index (χ1) is 6.73. The monoisotopic (exact) mass is 214 g/mol. The number of benzene rings is 1. The van der Waals surface area contributed by atoms with Crippen molar-refractivity contribution in [3.05, 3.63) is 24.3 Å². The molecule has 0 bridgehead atoms. The highest BCUT2D eigenvalue weighted by molar-refractivity contribution is 7.49. The molecular formula is C9H11O4P. The third-order valence-electron chi connectivity index (χ3n) is 1.72. The first-order valence-electron chi connectivity index (χ1n) is 4.46. The van der Waals surface area contributed by atoms with E-state index in [0.29, 0.717) is 18.1 Å². The zero-order chi connectivity index (χ0) is 10.0. The summed E-state index contributed by atoms with van der Waals surface area (Å²) >= 11 is 0. The van der Waals surface area contributed by atoms with Gasteiger partial charge in [0.05, 0.1) is 6.61 Å². The Balaban J connectivity index is 2.14. The average molecular weight is 214 g/mol. The Hall–Kier alpha value is -0.990. The number of rotatable bonds is 3. The van der Waals surface area contributed by atoms with Gasteiger partial charge >= 0.3 is 7.82 Å². The lowest BCUT2D eigenvalue weighted by Crippen LogP contribution is -1.98. The molecule has 0 radical (unpaired) electrons. The molecule has 0 unspecified atom stereocenters. The first kappa shape index (κ1) is 9.56. The summed E-state index contributed by atoms with van der Waals surface area (Å²) in [6.07, 6.45) is 0.771. The van der Waals surface area contributed by atoms with E-state index in [9.17, 15) is 4.57 Å². The fraction of sp³-hybridized carbons (Fsp3) is 0.333. The lowest BCUT2D eigenvalue weighted by atomic mass is 10.3.